The molecule has 2 amide bonds. The number of nitrogens with one attached hydrogen (secondary N) is 2. The van der Waals surface area contributed by atoms with E-state index in [4.69, 9.17) is 4.74 Å². The number of carbonyl (C=O) groups excluding carboxylic acids is 2. The quantitative estimate of drug-likeness (QED) is 0.577. The third kappa shape index (κ3) is 4.65. The van der Waals surface area contributed by atoms with Gasteiger partial charge in [-0.25, -0.2) is 0 Å². The monoisotopic (exact) mass is 372 g/mol. The Bertz CT molecular complexity index is 746. The predicted molar refractivity (Wildman–Crippen MR) is 105 cm³/mol. The van der Waals surface area contributed by atoms with Crippen LogP contribution in [0, 0.1) is 0 Å². The van der Waals surface area contributed by atoms with Crippen molar-refractivity contribution < 1.29 is 14.3 Å². The zero-order chi connectivity index (χ0) is 19.0. The van der Waals surface area contributed by atoms with Crippen LogP contribution in [0.1, 0.15) is 18.9 Å². The molecule has 0 aliphatic rings. The lowest BCUT2D eigenvalue weighted by molar-refractivity contribution is -0.137. The molecule has 0 radical (unpaired) electrons. The molecule has 0 heterocycles. The summed E-state index contributed by atoms with van der Waals surface area (Å²) in [6.07, 6.45) is 2.57. The van der Waals surface area contributed by atoms with Gasteiger partial charge in [0.2, 0.25) is 0 Å². The van der Waals surface area contributed by atoms with Gasteiger partial charge in [-0.1, -0.05) is 49.4 Å². The van der Waals surface area contributed by atoms with Crippen LogP contribution in [0.2, 0.25) is 0 Å². The largest absolute Gasteiger partial charge is 0.372 e. The number of hydrogen-bond donors (Lipinski definition) is 2. The first-order valence-electron chi connectivity index (χ1n) is 8.39. The molecule has 0 aromatic heterocycles. The fourth-order valence-corrected chi connectivity index (χ4v) is 3.29. The van der Waals surface area contributed by atoms with Crippen molar-refractivity contribution in [2.24, 2.45) is 0 Å². The summed E-state index contributed by atoms with van der Waals surface area (Å²) in [5.74, 6) is -1.38. The molecule has 0 spiro atoms. The lowest BCUT2D eigenvalue weighted by Crippen LogP contribution is -2.45. The summed E-state index contributed by atoms with van der Waals surface area (Å²) < 4.78 is 5.71. The van der Waals surface area contributed by atoms with Gasteiger partial charge in [-0.15, -0.1) is 11.8 Å². The molecule has 26 heavy (non-hydrogen) atoms. The van der Waals surface area contributed by atoms with Crippen LogP contribution in [0.5, 0.6) is 0 Å². The normalized spacial score (nSPS) is 12.9. The van der Waals surface area contributed by atoms with Crippen molar-refractivity contribution in [3.8, 4) is 0 Å². The molecular formula is C20H24N2O3S. The molecule has 2 rings (SSSR count). The molecule has 0 saturated carbocycles. The number of carbonyl (C=O) groups is 2. The molecule has 0 aliphatic carbocycles. The highest BCUT2D eigenvalue weighted by atomic mass is 32.2. The van der Waals surface area contributed by atoms with Crippen molar-refractivity contribution in [3.63, 3.8) is 0 Å². The Morgan fingerprint density at radius 1 is 1.04 bits per heavy atom. The average Bonchev–Trinajstić information content (AvgIpc) is 2.70. The lowest BCUT2D eigenvalue weighted by atomic mass is 9.90. The number of hydrogen-bond acceptors (Lipinski definition) is 4. The lowest BCUT2D eigenvalue weighted by Gasteiger charge is -2.32. The van der Waals surface area contributed by atoms with Crippen LogP contribution in [0.15, 0.2) is 59.5 Å². The molecule has 0 aliphatic heterocycles. The standard InChI is InChI=1S/C20H24N2O3S/c1-4-20(25-2,15-10-6-5-7-11-15)14-21-18(23)19(24)22-16-12-8-9-13-17(16)26-3/h5-13H,4,14H2,1-3H3,(H,21,23)(H,22,24). The third-order valence-electron chi connectivity index (χ3n) is 4.36. The molecule has 2 aromatic carbocycles. The second kappa shape index (κ2) is 9.40. The van der Waals surface area contributed by atoms with E-state index >= 15 is 0 Å². The van der Waals surface area contributed by atoms with Crippen molar-refractivity contribution in [2.75, 3.05) is 25.2 Å². The molecule has 0 bridgehead atoms. The highest BCUT2D eigenvalue weighted by molar-refractivity contribution is 7.98. The molecule has 1 unspecified atom stereocenters. The highest BCUT2D eigenvalue weighted by Crippen LogP contribution is 2.28. The fourth-order valence-electron chi connectivity index (χ4n) is 2.74. The first kappa shape index (κ1) is 20.0. The number of amides is 2. The van der Waals surface area contributed by atoms with E-state index in [2.05, 4.69) is 10.6 Å². The molecular weight excluding hydrogens is 348 g/mol. The van der Waals surface area contributed by atoms with Gasteiger partial charge in [0.05, 0.1) is 12.2 Å². The number of methoxy groups -OCH3 is 1. The maximum atomic E-state index is 12.3. The Balaban J connectivity index is 2.05. The van der Waals surface area contributed by atoms with Crippen LogP contribution < -0.4 is 10.6 Å². The Labute approximate surface area is 158 Å². The SMILES string of the molecule is CCC(CNC(=O)C(=O)Nc1ccccc1SC)(OC)c1ccccc1. The van der Waals surface area contributed by atoms with E-state index in [9.17, 15) is 9.59 Å². The minimum absolute atomic E-state index is 0.209. The maximum absolute atomic E-state index is 12.3. The van der Waals surface area contributed by atoms with Gasteiger partial charge in [-0.05, 0) is 30.4 Å². The number of thioether (sulfide) groups is 1. The van der Waals surface area contributed by atoms with Gasteiger partial charge >= 0.3 is 11.8 Å². The maximum Gasteiger partial charge on any atom is 0.313 e. The third-order valence-corrected chi connectivity index (χ3v) is 5.15. The van der Waals surface area contributed by atoms with Gasteiger partial charge in [0.1, 0.15) is 5.60 Å². The first-order chi connectivity index (χ1) is 12.6. The first-order valence-corrected chi connectivity index (χ1v) is 9.61. The number of ether oxygens (including phenoxy) is 1. The van der Waals surface area contributed by atoms with E-state index < -0.39 is 17.4 Å². The molecule has 1 atom stereocenters. The van der Waals surface area contributed by atoms with E-state index in [1.807, 2.05) is 61.7 Å². The van der Waals surface area contributed by atoms with Crippen molar-refractivity contribution >= 4 is 29.3 Å². The Morgan fingerprint density at radius 2 is 1.69 bits per heavy atom. The molecule has 138 valence electrons. The summed E-state index contributed by atoms with van der Waals surface area (Å²) in [4.78, 5) is 25.4. The van der Waals surface area contributed by atoms with Gasteiger partial charge in [-0.3, -0.25) is 9.59 Å². The van der Waals surface area contributed by atoms with Crippen LogP contribution in [0.4, 0.5) is 5.69 Å². The molecule has 5 nitrogen and oxygen atoms in total. The second-order valence-electron chi connectivity index (χ2n) is 5.76. The van der Waals surface area contributed by atoms with E-state index in [0.29, 0.717) is 12.1 Å². The van der Waals surface area contributed by atoms with Crippen molar-refractivity contribution in [2.45, 2.75) is 23.8 Å². The van der Waals surface area contributed by atoms with Crippen LogP contribution >= 0.6 is 11.8 Å². The van der Waals surface area contributed by atoms with Crippen molar-refractivity contribution in [1.82, 2.24) is 5.32 Å². The van der Waals surface area contributed by atoms with Crippen molar-refractivity contribution in [3.05, 3.63) is 60.2 Å². The van der Waals surface area contributed by atoms with Gasteiger partial charge < -0.3 is 15.4 Å². The summed E-state index contributed by atoms with van der Waals surface area (Å²) >= 11 is 1.50. The number of para-hydroxylation sites is 1. The van der Waals surface area contributed by atoms with Gasteiger partial charge in [0.15, 0.2) is 0 Å². The number of anilines is 1. The van der Waals surface area contributed by atoms with E-state index in [0.717, 1.165) is 10.5 Å². The second-order valence-corrected chi connectivity index (χ2v) is 6.60. The summed E-state index contributed by atoms with van der Waals surface area (Å²) in [6.45, 7) is 2.19. The molecule has 2 N–H and O–H groups in total. The molecule has 0 saturated heterocycles. The smallest absolute Gasteiger partial charge is 0.313 e. The average molecular weight is 372 g/mol. The summed E-state index contributed by atoms with van der Waals surface area (Å²) in [5, 5.41) is 5.36. The van der Waals surface area contributed by atoms with Crippen LogP contribution in [0.25, 0.3) is 0 Å². The summed E-state index contributed by atoms with van der Waals surface area (Å²) in [6, 6.07) is 17.0. The molecule has 6 heteroatoms. The highest BCUT2D eigenvalue weighted by Gasteiger charge is 2.31. The number of benzene rings is 2. The predicted octanol–water partition coefficient (Wildman–Crippen LogP) is 3.42. The summed E-state index contributed by atoms with van der Waals surface area (Å²) in [5.41, 5.74) is 0.907. The van der Waals surface area contributed by atoms with Gasteiger partial charge in [-0.2, -0.15) is 0 Å². The van der Waals surface area contributed by atoms with E-state index in [1.54, 1.807) is 13.2 Å². The zero-order valence-corrected chi connectivity index (χ0v) is 16.1. The van der Waals surface area contributed by atoms with Crippen LogP contribution in [-0.2, 0) is 19.9 Å². The Hall–Kier alpha value is -2.31. The molecule has 2 aromatic rings. The van der Waals surface area contributed by atoms with Gasteiger partial charge in [0, 0.05) is 12.0 Å². The molecule has 0 fully saturated rings. The topological polar surface area (TPSA) is 67.4 Å². The zero-order valence-electron chi connectivity index (χ0n) is 15.2. The van der Waals surface area contributed by atoms with Crippen LogP contribution in [-0.4, -0.2) is 31.7 Å². The van der Waals surface area contributed by atoms with Gasteiger partial charge in [0.25, 0.3) is 0 Å². The number of rotatable bonds is 7. The van der Waals surface area contributed by atoms with E-state index in [-0.39, 0.29) is 6.54 Å². The minimum atomic E-state index is -0.694. The fraction of sp³-hybridized carbons (Fsp3) is 0.300. The van der Waals surface area contributed by atoms with Crippen LogP contribution in [0.3, 0.4) is 0 Å². The Kier molecular flexibility index (Phi) is 7.24. The minimum Gasteiger partial charge on any atom is -0.372 e. The summed E-state index contributed by atoms with van der Waals surface area (Å²) in [7, 11) is 1.61. The van der Waals surface area contributed by atoms with E-state index in [1.165, 1.54) is 11.8 Å². The Morgan fingerprint density at radius 3 is 2.31 bits per heavy atom. The van der Waals surface area contributed by atoms with Crippen molar-refractivity contribution in [1.29, 1.82) is 0 Å².